The van der Waals surface area contributed by atoms with Crippen molar-refractivity contribution in [2.75, 3.05) is 0 Å². The average Bonchev–Trinajstić information content (AvgIpc) is 2.90. The van der Waals surface area contributed by atoms with Crippen LogP contribution in [0.1, 0.15) is 5.56 Å². The van der Waals surface area contributed by atoms with E-state index < -0.39 is 11.6 Å². The van der Waals surface area contributed by atoms with Crippen molar-refractivity contribution < 1.29 is 13.2 Å². The van der Waals surface area contributed by atoms with Gasteiger partial charge >= 0.3 is 0 Å². The number of hydrogen-bond donors (Lipinski definition) is 0. The Morgan fingerprint density at radius 2 is 1.76 bits per heavy atom. The largest absolute Gasteiger partial charge is 0.248 e. The van der Waals surface area contributed by atoms with Crippen molar-refractivity contribution in [1.29, 1.82) is 0 Å². The molecule has 0 aliphatic carbocycles. The molecule has 0 saturated heterocycles. The van der Waals surface area contributed by atoms with Crippen LogP contribution in [0.2, 0.25) is 0 Å². The van der Waals surface area contributed by atoms with Crippen molar-refractivity contribution in [3.05, 3.63) is 71.8 Å². The molecule has 0 saturated carbocycles. The van der Waals surface area contributed by atoms with Crippen molar-refractivity contribution in [1.82, 2.24) is 14.8 Å². The maximum Gasteiger partial charge on any atom is 0.184 e. The maximum absolute atomic E-state index is 13.6. The monoisotopic (exact) mass is 289 g/mol. The number of rotatable bonds is 3. The summed E-state index contributed by atoms with van der Waals surface area (Å²) in [6.45, 7) is 0.293. The van der Waals surface area contributed by atoms with E-state index in [1.165, 1.54) is 23.1 Å². The van der Waals surface area contributed by atoms with Gasteiger partial charge in [0, 0.05) is 0 Å². The molecule has 0 unspecified atom stereocenters. The predicted octanol–water partition coefficient (Wildman–Crippen LogP) is 3.41. The van der Waals surface area contributed by atoms with E-state index in [2.05, 4.69) is 10.1 Å². The van der Waals surface area contributed by atoms with Gasteiger partial charge in [0.05, 0.1) is 12.1 Å². The molecule has 3 rings (SSSR count). The van der Waals surface area contributed by atoms with E-state index in [1.54, 1.807) is 12.1 Å². The molecule has 6 heteroatoms. The van der Waals surface area contributed by atoms with Crippen molar-refractivity contribution in [3.63, 3.8) is 0 Å². The van der Waals surface area contributed by atoms with Crippen molar-refractivity contribution in [3.8, 4) is 11.4 Å². The van der Waals surface area contributed by atoms with Crippen LogP contribution in [0.5, 0.6) is 0 Å². The summed E-state index contributed by atoms with van der Waals surface area (Å²) in [7, 11) is 0. The lowest BCUT2D eigenvalue weighted by molar-refractivity contribution is 0.601. The number of hydrogen-bond acceptors (Lipinski definition) is 2. The number of aromatic nitrogens is 3. The second-order valence-corrected chi connectivity index (χ2v) is 4.52. The second-order valence-electron chi connectivity index (χ2n) is 4.52. The summed E-state index contributed by atoms with van der Waals surface area (Å²) < 4.78 is 41.3. The smallest absolute Gasteiger partial charge is 0.184 e. The van der Waals surface area contributed by atoms with Gasteiger partial charge in [0.2, 0.25) is 0 Å². The molecule has 1 heterocycles. The predicted molar refractivity (Wildman–Crippen MR) is 70.9 cm³/mol. The van der Waals surface area contributed by atoms with Crippen LogP contribution in [0.15, 0.2) is 48.8 Å². The van der Waals surface area contributed by atoms with Crippen LogP contribution in [-0.4, -0.2) is 14.8 Å². The summed E-state index contributed by atoms with van der Waals surface area (Å²) in [6, 6.07) is 9.15. The standard InChI is InChI=1S/C15H10F3N3/c16-11-3-1-2-10(6-11)8-21-9-19-15(20-21)13-7-12(17)4-5-14(13)18/h1-7,9H,8H2. The molecule has 1 aromatic heterocycles. The fourth-order valence-corrected chi connectivity index (χ4v) is 1.99. The Morgan fingerprint density at radius 3 is 2.57 bits per heavy atom. The minimum Gasteiger partial charge on any atom is -0.248 e. The van der Waals surface area contributed by atoms with Crippen molar-refractivity contribution in [2.24, 2.45) is 0 Å². The molecule has 0 N–H and O–H groups in total. The van der Waals surface area contributed by atoms with Crippen LogP contribution in [-0.2, 0) is 6.54 Å². The lowest BCUT2D eigenvalue weighted by atomic mass is 10.2. The van der Waals surface area contributed by atoms with Gasteiger partial charge in [-0.2, -0.15) is 5.10 Å². The first-order chi connectivity index (χ1) is 10.1. The zero-order valence-electron chi connectivity index (χ0n) is 10.8. The third kappa shape index (κ3) is 2.94. The Morgan fingerprint density at radius 1 is 0.952 bits per heavy atom. The quantitative estimate of drug-likeness (QED) is 0.739. The first-order valence-corrected chi connectivity index (χ1v) is 6.21. The van der Waals surface area contributed by atoms with Crippen molar-refractivity contribution >= 4 is 0 Å². The first kappa shape index (κ1) is 13.4. The fraction of sp³-hybridized carbons (Fsp3) is 0.0667. The Hall–Kier alpha value is -2.63. The Kier molecular flexibility index (Phi) is 3.43. The molecule has 0 spiro atoms. The molecule has 2 aromatic carbocycles. The topological polar surface area (TPSA) is 30.7 Å². The Labute approximate surface area is 118 Å². The molecule has 0 radical (unpaired) electrons. The lowest BCUT2D eigenvalue weighted by Gasteiger charge is -2.01. The highest BCUT2D eigenvalue weighted by Gasteiger charge is 2.11. The molecule has 3 nitrogen and oxygen atoms in total. The number of halogens is 3. The third-order valence-corrected chi connectivity index (χ3v) is 2.94. The molecule has 21 heavy (non-hydrogen) atoms. The Bertz CT molecular complexity index is 783. The fourth-order valence-electron chi connectivity index (χ4n) is 1.99. The summed E-state index contributed by atoms with van der Waals surface area (Å²) in [4.78, 5) is 3.96. The van der Waals surface area contributed by atoms with E-state index in [-0.39, 0.29) is 17.2 Å². The van der Waals surface area contributed by atoms with Gasteiger partial charge in [0.25, 0.3) is 0 Å². The molecule has 0 atom stereocenters. The van der Waals surface area contributed by atoms with E-state index in [0.717, 1.165) is 18.2 Å². The summed E-state index contributed by atoms with van der Waals surface area (Å²) in [5, 5.41) is 4.08. The van der Waals surface area contributed by atoms with Crippen LogP contribution in [0.25, 0.3) is 11.4 Å². The van der Waals surface area contributed by atoms with Gasteiger partial charge in [-0.05, 0) is 35.9 Å². The van der Waals surface area contributed by atoms with E-state index >= 15 is 0 Å². The highest BCUT2D eigenvalue weighted by atomic mass is 19.1. The minimum absolute atomic E-state index is 0.00649. The summed E-state index contributed by atoms with van der Waals surface area (Å²) >= 11 is 0. The van der Waals surface area contributed by atoms with Crippen LogP contribution >= 0.6 is 0 Å². The van der Waals surface area contributed by atoms with Crippen LogP contribution in [0.3, 0.4) is 0 Å². The molecular weight excluding hydrogens is 279 g/mol. The van der Waals surface area contributed by atoms with Gasteiger partial charge in [-0.25, -0.2) is 22.8 Å². The van der Waals surface area contributed by atoms with Crippen LogP contribution < -0.4 is 0 Å². The number of nitrogens with zero attached hydrogens (tertiary/aromatic N) is 3. The van der Waals surface area contributed by atoms with E-state index in [0.29, 0.717) is 12.1 Å². The minimum atomic E-state index is -0.597. The Balaban J connectivity index is 1.88. The second kappa shape index (κ2) is 5.40. The number of benzene rings is 2. The highest BCUT2D eigenvalue weighted by molar-refractivity contribution is 5.55. The van der Waals surface area contributed by atoms with E-state index in [1.807, 2.05) is 0 Å². The third-order valence-electron chi connectivity index (χ3n) is 2.94. The molecule has 0 amide bonds. The van der Waals surface area contributed by atoms with E-state index in [9.17, 15) is 13.2 Å². The van der Waals surface area contributed by atoms with Gasteiger partial charge in [-0.3, -0.25) is 0 Å². The molecule has 0 bridgehead atoms. The van der Waals surface area contributed by atoms with Gasteiger partial charge in [-0.15, -0.1) is 0 Å². The summed E-state index contributed by atoms with van der Waals surface area (Å²) in [6.07, 6.45) is 1.39. The van der Waals surface area contributed by atoms with Gasteiger partial charge in [-0.1, -0.05) is 12.1 Å². The van der Waals surface area contributed by atoms with Crippen LogP contribution in [0, 0.1) is 17.5 Å². The molecule has 106 valence electrons. The van der Waals surface area contributed by atoms with Crippen LogP contribution in [0.4, 0.5) is 13.2 Å². The van der Waals surface area contributed by atoms with Gasteiger partial charge in [0.15, 0.2) is 5.82 Å². The first-order valence-electron chi connectivity index (χ1n) is 6.21. The zero-order valence-corrected chi connectivity index (χ0v) is 10.8. The van der Waals surface area contributed by atoms with E-state index in [4.69, 9.17) is 0 Å². The molecule has 0 aliphatic rings. The average molecular weight is 289 g/mol. The highest BCUT2D eigenvalue weighted by Crippen LogP contribution is 2.20. The van der Waals surface area contributed by atoms with Gasteiger partial charge in [0.1, 0.15) is 23.8 Å². The molecule has 0 aliphatic heterocycles. The normalized spacial score (nSPS) is 10.8. The molecule has 0 fully saturated rings. The van der Waals surface area contributed by atoms with Crippen molar-refractivity contribution in [2.45, 2.75) is 6.54 Å². The van der Waals surface area contributed by atoms with Gasteiger partial charge < -0.3 is 0 Å². The zero-order chi connectivity index (χ0) is 14.8. The maximum atomic E-state index is 13.6. The molecule has 3 aromatic rings. The summed E-state index contributed by atoms with van der Waals surface area (Å²) in [5.74, 6) is -1.42. The summed E-state index contributed by atoms with van der Waals surface area (Å²) in [5.41, 5.74) is 0.694. The SMILES string of the molecule is Fc1cccc(Cn2cnc(-c3cc(F)ccc3F)n2)c1. The molecular formula is C15H10F3N3. The lowest BCUT2D eigenvalue weighted by Crippen LogP contribution is -2.01.